The van der Waals surface area contributed by atoms with Crippen molar-refractivity contribution >= 4 is 16.0 Å². The van der Waals surface area contributed by atoms with Crippen LogP contribution in [0.1, 0.15) is 29.0 Å². The summed E-state index contributed by atoms with van der Waals surface area (Å²) in [6.45, 7) is 1.39. The fourth-order valence-electron chi connectivity index (χ4n) is 2.31. The summed E-state index contributed by atoms with van der Waals surface area (Å²) in [6, 6.07) is 1.81. The van der Waals surface area contributed by atoms with Gasteiger partial charge in [0.1, 0.15) is 0 Å². The summed E-state index contributed by atoms with van der Waals surface area (Å²) in [7, 11) is -3.11. The summed E-state index contributed by atoms with van der Waals surface area (Å²) in [5.74, 6) is -1.13. The molecule has 0 saturated carbocycles. The lowest BCUT2D eigenvalue weighted by molar-refractivity contribution is 0.0660. The average Bonchev–Trinajstić information content (AvgIpc) is 2.84. The molecular weight excluding hydrogens is 284 g/mol. The van der Waals surface area contributed by atoms with E-state index in [0.717, 1.165) is 0 Å². The van der Waals surface area contributed by atoms with E-state index in [1.807, 2.05) is 0 Å². The number of sulfonamides is 1. The van der Waals surface area contributed by atoms with Gasteiger partial charge < -0.3 is 14.8 Å². The van der Waals surface area contributed by atoms with Gasteiger partial charge in [-0.15, -0.1) is 0 Å². The van der Waals surface area contributed by atoms with Gasteiger partial charge in [0.25, 0.3) is 0 Å². The second-order valence-corrected chi connectivity index (χ2v) is 6.88. The molecule has 0 bridgehead atoms. The Balaban J connectivity index is 1.85. The van der Waals surface area contributed by atoms with Crippen LogP contribution in [-0.4, -0.2) is 49.2 Å². The van der Waals surface area contributed by atoms with Crippen LogP contribution in [0.3, 0.4) is 0 Å². The minimum atomic E-state index is -3.11. The molecule has 2 rings (SSSR count). The molecule has 1 saturated heterocycles. The predicted octanol–water partition coefficient (Wildman–Crippen LogP) is 0.491. The van der Waals surface area contributed by atoms with Gasteiger partial charge in [-0.05, 0) is 18.9 Å². The molecule has 0 spiro atoms. The molecule has 2 heterocycles. The number of hydrogen-bond donors (Lipinski definition) is 2. The highest BCUT2D eigenvalue weighted by Gasteiger charge is 2.25. The van der Waals surface area contributed by atoms with Crippen LogP contribution in [0.4, 0.5) is 0 Å². The summed E-state index contributed by atoms with van der Waals surface area (Å²) in [6.07, 6.45) is 4.00. The van der Waals surface area contributed by atoms with E-state index in [9.17, 15) is 13.2 Å². The smallest absolute Gasteiger partial charge is 0.372 e. The van der Waals surface area contributed by atoms with E-state index in [1.54, 1.807) is 6.07 Å². The monoisotopic (exact) mass is 302 g/mol. The first kappa shape index (κ1) is 15.0. The van der Waals surface area contributed by atoms with Crippen LogP contribution in [0.15, 0.2) is 16.7 Å². The number of nitrogens with one attached hydrogen (secondary N) is 1. The number of piperidine rings is 1. The third-order valence-corrected chi connectivity index (χ3v) is 4.75. The van der Waals surface area contributed by atoms with Gasteiger partial charge in [0.15, 0.2) is 0 Å². The summed E-state index contributed by atoms with van der Waals surface area (Å²) in [5, 5.41) is 12.2. The lowest BCUT2D eigenvalue weighted by Gasteiger charge is -2.30. The van der Waals surface area contributed by atoms with Crippen molar-refractivity contribution in [1.82, 2.24) is 9.62 Å². The third kappa shape index (κ3) is 3.59. The Hall–Kier alpha value is -1.38. The SMILES string of the molecule is CS(=O)(=O)N1CCC(NCc2ccoc2C(=O)O)CC1. The second kappa shape index (κ2) is 5.94. The highest BCUT2D eigenvalue weighted by atomic mass is 32.2. The number of nitrogens with zero attached hydrogens (tertiary/aromatic N) is 1. The highest BCUT2D eigenvalue weighted by molar-refractivity contribution is 7.88. The molecular formula is C12H18N2O5S. The molecule has 1 fully saturated rings. The quantitative estimate of drug-likeness (QED) is 0.821. The number of aromatic carboxylic acids is 1. The Morgan fingerprint density at radius 1 is 1.50 bits per heavy atom. The molecule has 0 aliphatic carbocycles. The van der Waals surface area contributed by atoms with E-state index in [1.165, 1.54) is 16.8 Å². The van der Waals surface area contributed by atoms with Crippen molar-refractivity contribution in [1.29, 1.82) is 0 Å². The van der Waals surface area contributed by atoms with Gasteiger partial charge in [-0.25, -0.2) is 17.5 Å². The molecule has 0 amide bonds. The number of carboxylic acid groups (broad SMARTS) is 1. The largest absolute Gasteiger partial charge is 0.475 e. The number of rotatable bonds is 5. The molecule has 8 heteroatoms. The topological polar surface area (TPSA) is 99.9 Å². The zero-order valence-corrected chi connectivity index (χ0v) is 12.0. The summed E-state index contributed by atoms with van der Waals surface area (Å²) in [4.78, 5) is 10.9. The van der Waals surface area contributed by atoms with Gasteiger partial charge >= 0.3 is 5.97 Å². The minimum Gasteiger partial charge on any atom is -0.475 e. The summed E-state index contributed by atoms with van der Waals surface area (Å²) >= 11 is 0. The molecule has 7 nitrogen and oxygen atoms in total. The van der Waals surface area contributed by atoms with Crippen molar-refractivity contribution in [3.8, 4) is 0 Å². The van der Waals surface area contributed by atoms with E-state index in [0.29, 0.717) is 38.0 Å². The van der Waals surface area contributed by atoms with Crippen LogP contribution < -0.4 is 5.32 Å². The molecule has 1 aromatic rings. The molecule has 0 atom stereocenters. The predicted molar refractivity (Wildman–Crippen MR) is 71.9 cm³/mol. The first-order valence-corrected chi connectivity index (χ1v) is 8.21. The molecule has 0 unspecified atom stereocenters. The Labute approximate surface area is 117 Å². The van der Waals surface area contributed by atoms with E-state index >= 15 is 0 Å². The van der Waals surface area contributed by atoms with Crippen LogP contribution in [0.5, 0.6) is 0 Å². The zero-order chi connectivity index (χ0) is 14.8. The first-order valence-electron chi connectivity index (χ1n) is 6.36. The molecule has 0 aromatic carbocycles. The van der Waals surface area contributed by atoms with E-state index in [-0.39, 0.29) is 11.8 Å². The minimum absolute atomic E-state index is 0.0499. The fraction of sp³-hybridized carbons (Fsp3) is 0.583. The lowest BCUT2D eigenvalue weighted by atomic mass is 10.1. The van der Waals surface area contributed by atoms with Gasteiger partial charge in [-0.3, -0.25) is 0 Å². The van der Waals surface area contributed by atoms with Crippen molar-refractivity contribution in [3.63, 3.8) is 0 Å². The first-order chi connectivity index (χ1) is 9.38. The maximum Gasteiger partial charge on any atom is 0.372 e. The van der Waals surface area contributed by atoms with Crippen molar-refractivity contribution in [3.05, 3.63) is 23.7 Å². The Kier molecular flexibility index (Phi) is 4.46. The van der Waals surface area contributed by atoms with Gasteiger partial charge in [0.05, 0.1) is 12.5 Å². The summed E-state index contributed by atoms with van der Waals surface area (Å²) < 4.78 is 29.1. The van der Waals surface area contributed by atoms with Gasteiger partial charge in [0, 0.05) is 31.2 Å². The standard InChI is InChI=1S/C12H18N2O5S/c1-20(17,18)14-5-2-10(3-6-14)13-8-9-4-7-19-11(9)12(15)16/h4,7,10,13H,2-3,5-6,8H2,1H3,(H,15,16). The Bertz CT molecular complexity index is 572. The number of carboxylic acids is 1. The van der Waals surface area contributed by atoms with E-state index in [2.05, 4.69) is 5.32 Å². The molecule has 1 aromatic heterocycles. The summed E-state index contributed by atoms with van der Waals surface area (Å²) in [5.41, 5.74) is 0.600. The molecule has 1 aliphatic heterocycles. The number of furan rings is 1. The van der Waals surface area contributed by atoms with Crippen LogP contribution in [0.2, 0.25) is 0 Å². The van der Waals surface area contributed by atoms with E-state index < -0.39 is 16.0 Å². The van der Waals surface area contributed by atoms with Crippen molar-refractivity contribution < 1.29 is 22.7 Å². The Morgan fingerprint density at radius 2 is 2.15 bits per heavy atom. The van der Waals surface area contributed by atoms with Crippen molar-refractivity contribution in [2.45, 2.75) is 25.4 Å². The lowest BCUT2D eigenvalue weighted by Crippen LogP contribution is -2.44. The number of carbonyl (C=O) groups is 1. The highest BCUT2D eigenvalue weighted by Crippen LogP contribution is 2.15. The molecule has 20 heavy (non-hydrogen) atoms. The van der Waals surface area contributed by atoms with Crippen LogP contribution in [0, 0.1) is 0 Å². The van der Waals surface area contributed by atoms with Crippen LogP contribution >= 0.6 is 0 Å². The van der Waals surface area contributed by atoms with E-state index in [4.69, 9.17) is 9.52 Å². The van der Waals surface area contributed by atoms with Crippen LogP contribution in [0.25, 0.3) is 0 Å². The van der Waals surface area contributed by atoms with Crippen LogP contribution in [-0.2, 0) is 16.6 Å². The number of hydrogen-bond acceptors (Lipinski definition) is 5. The third-order valence-electron chi connectivity index (χ3n) is 3.45. The van der Waals surface area contributed by atoms with Crippen molar-refractivity contribution in [2.24, 2.45) is 0 Å². The van der Waals surface area contributed by atoms with Gasteiger partial charge in [-0.2, -0.15) is 0 Å². The fourth-order valence-corrected chi connectivity index (χ4v) is 3.18. The van der Waals surface area contributed by atoms with Crippen molar-refractivity contribution in [2.75, 3.05) is 19.3 Å². The maximum atomic E-state index is 11.4. The van der Waals surface area contributed by atoms with Gasteiger partial charge in [-0.1, -0.05) is 0 Å². The Morgan fingerprint density at radius 3 is 2.70 bits per heavy atom. The molecule has 2 N–H and O–H groups in total. The average molecular weight is 302 g/mol. The normalized spacial score (nSPS) is 18.2. The molecule has 1 aliphatic rings. The molecule has 0 radical (unpaired) electrons. The van der Waals surface area contributed by atoms with Gasteiger partial charge in [0.2, 0.25) is 15.8 Å². The zero-order valence-electron chi connectivity index (χ0n) is 11.2. The second-order valence-electron chi connectivity index (χ2n) is 4.90. The maximum absolute atomic E-state index is 11.4. The molecule has 112 valence electrons.